The lowest BCUT2D eigenvalue weighted by Gasteiger charge is -2.19. The number of carbonyl (C=O) groups is 3. The summed E-state index contributed by atoms with van der Waals surface area (Å²) in [5.74, 6) is -1.79. The van der Waals surface area contributed by atoms with E-state index in [0.717, 1.165) is 0 Å². The van der Waals surface area contributed by atoms with Crippen molar-refractivity contribution in [3.8, 4) is 0 Å². The molecule has 0 spiro atoms. The van der Waals surface area contributed by atoms with E-state index in [2.05, 4.69) is 10.6 Å². The Hall–Kier alpha value is -1.79. The molecule has 1 aliphatic heterocycles. The predicted molar refractivity (Wildman–Crippen MR) is 63.9 cm³/mol. The van der Waals surface area contributed by atoms with E-state index in [1.165, 1.54) is 11.9 Å². The van der Waals surface area contributed by atoms with Crippen LogP contribution in [0.4, 0.5) is 4.79 Å². The standard InChI is InChI=1S/C11H19N3O4/c1-6-4-14(5-8(6)10(16)17)11(18)13-7(2)9(15)12-3/h6-8H,4-5H2,1-3H3,(H,12,15)(H,13,18)(H,16,17). The van der Waals surface area contributed by atoms with Crippen molar-refractivity contribution in [2.24, 2.45) is 11.8 Å². The number of carbonyl (C=O) groups excluding carboxylic acids is 2. The van der Waals surface area contributed by atoms with Crippen molar-refractivity contribution >= 4 is 17.9 Å². The van der Waals surface area contributed by atoms with Crippen molar-refractivity contribution in [2.75, 3.05) is 20.1 Å². The molecule has 1 saturated heterocycles. The van der Waals surface area contributed by atoms with Crippen molar-refractivity contribution in [3.05, 3.63) is 0 Å². The third-order valence-electron chi connectivity index (χ3n) is 3.20. The van der Waals surface area contributed by atoms with Gasteiger partial charge in [0.2, 0.25) is 5.91 Å². The quantitative estimate of drug-likeness (QED) is 0.633. The van der Waals surface area contributed by atoms with Crippen LogP contribution in [0, 0.1) is 11.8 Å². The van der Waals surface area contributed by atoms with Crippen molar-refractivity contribution < 1.29 is 19.5 Å². The Morgan fingerprint density at radius 2 is 1.94 bits per heavy atom. The minimum Gasteiger partial charge on any atom is -0.481 e. The number of nitrogens with one attached hydrogen (secondary N) is 2. The number of carboxylic acids is 1. The molecule has 0 aromatic carbocycles. The number of amides is 3. The normalized spacial score (nSPS) is 24.5. The molecule has 1 rings (SSSR count). The number of nitrogens with zero attached hydrogens (tertiary/aromatic N) is 1. The van der Waals surface area contributed by atoms with Crippen LogP contribution in [0.5, 0.6) is 0 Å². The molecule has 0 aliphatic carbocycles. The van der Waals surface area contributed by atoms with E-state index < -0.39 is 24.0 Å². The second-order valence-electron chi connectivity index (χ2n) is 4.61. The Morgan fingerprint density at radius 3 is 2.39 bits per heavy atom. The number of carboxylic acid groups (broad SMARTS) is 1. The third-order valence-corrected chi connectivity index (χ3v) is 3.20. The molecule has 0 bridgehead atoms. The van der Waals surface area contributed by atoms with Crippen LogP contribution in [0.3, 0.4) is 0 Å². The van der Waals surface area contributed by atoms with Crippen molar-refractivity contribution in [3.63, 3.8) is 0 Å². The first-order valence-electron chi connectivity index (χ1n) is 5.86. The van der Waals surface area contributed by atoms with Gasteiger partial charge in [-0.1, -0.05) is 6.92 Å². The largest absolute Gasteiger partial charge is 0.481 e. The van der Waals surface area contributed by atoms with Gasteiger partial charge in [0.1, 0.15) is 6.04 Å². The maximum Gasteiger partial charge on any atom is 0.318 e. The number of urea groups is 1. The summed E-state index contributed by atoms with van der Waals surface area (Å²) in [7, 11) is 1.49. The summed E-state index contributed by atoms with van der Waals surface area (Å²) < 4.78 is 0. The molecule has 0 saturated carbocycles. The van der Waals surface area contributed by atoms with Gasteiger partial charge in [0, 0.05) is 20.1 Å². The van der Waals surface area contributed by atoms with E-state index in [4.69, 9.17) is 5.11 Å². The number of aliphatic carboxylic acids is 1. The second-order valence-corrected chi connectivity index (χ2v) is 4.61. The van der Waals surface area contributed by atoms with Gasteiger partial charge in [-0.3, -0.25) is 9.59 Å². The Bertz CT molecular complexity index is 358. The Balaban J connectivity index is 2.54. The Labute approximate surface area is 106 Å². The summed E-state index contributed by atoms with van der Waals surface area (Å²) in [6.45, 7) is 3.95. The summed E-state index contributed by atoms with van der Waals surface area (Å²) in [6.07, 6.45) is 0. The van der Waals surface area contributed by atoms with E-state index in [-0.39, 0.29) is 18.4 Å². The Kier molecular flexibility index (Phi) is 4.52. The number of likely N-dealkylation sites (N-methyl/N-ethyl adjacent to an activating group) is 1. The van der Waals surface area contributed by atoms with Crippen molar-refractivity contribution in [1.82, 2.24) is 15.5 Å². The van der Waals surface area contributed by atoms with Crippen LogP contribution in [-0.2, 0) is 9.59 Å². The molecule has 3 unspecified atom stereocenters. The fourth-order valence-corrected chi connectivity index (χ4v) is 2.01. The third kappa shape index (κ3) is 3.12. The fraction of sp³-hybridized carbons (Fsp3) is 0.727. The maximum absolute atomic E-state index is 11.8. The van der Waals surface area contributed by atoms with Crippen molar-refractivity contribution in [2.45, 2.75) is 19.9 Å². The average molecular weight is 257 g/mol. The molecule has 7 nitrogen and oxygen atoms in total. The first-order valence-corrected chi connectivity index (χ1v) is 5.86. The van der Waals surface area contributed by atoms with Crippen LogP contribution in [0.25, 0.3) is 0 Å². The van der Waals surface area contributed by atoms with Gasteiger partial charge in [-0.2, -0.15) is 0 Å². The van der Waals surface area contributed by atoms with Crippen LogP contribution in [0.2, 0.25) is 0 Å². The van der Waals surface area contributed by atoms with Gasteiger partial charge < -0.3 is 20.6 Å². The molecule has 18 heavy (non-hydrogen) atoms. The molecule has 0 radical (unpaired) electrons. The van der Waals surface area contributed by atoms with Crippen LogP contribution in [0.15, 0.2) is 0 Å². The monoisotopic (exact) mass is 257 g/mol. The molecule has 0 aromatic rings. The molecule has 0 aromatic heterocycles. The van der Waals surface area contributed by atoms with Gasteiger partial charge in [0.25, 0.3) is 0 Å². The SMILES string of the molecule is CNC(=O)C(C)NC(=O)N1CC(C)C(C(=O)O)C1. The number of hydrogen-bond acceptors (Lipinski definition) is 3. The highest BCUT2D eigenvalue weighted by Crippen LogP contribution is 2.22. The zero-order chi connectivity index (χ0) is 13.9. The number of hydrogen-bond donors (Lipinski definition) is 3. The minimum absolute atomic E-state index is 0.0800. The molecular weight excluding hydrogens is 238 g/mol. The van der Waals surface area contributed by atoms with Gasteiger partial charge in [-0.05, 0) is 12.8 Å². The van der Waals surface area contributed by atoms with Gasteiger partial charge in [-0.15, -0.1) is 0 Å². The van der Waals surface area contributed by atoms with Crippen LogP contribution < -0.4 is 10.6 Å². The zero-order valence-corrected chi connectivity index (χ0v) is 10.8. The van der Waals surface area contributed by atoms with Gasteiger partial charge >= 0.3 is 12.0 Å². The number of likely N-dealkylation sites (tertiary alicyclic amines) is 1. The lowest BCUT2D eigenvalue weighted by Crippen LogP contribution is -2.48. The average Bonchev–Trinajstić information content (AvgIpc) is 2.70. The molecule has 7 heteroatoms. The van der Waals surface area contributed by atoms with Gasteiger partial charge in [-0.25, -0.2) is 4.79 Å². The first kappa shape index (κ1) is 14.3. The van der Waals surface area contributed by atoms with Crippen LogP contribution in [-0.4, -0.2) is 54.1 Å². The minimum atomic E-state index is -0.892. The lowest BCUT2D eigenvalue weighted by molar-refractivity contribution is -0.142. The van der Waals surface area contributed by atoms with E-state index in [9.17, 15) is 14.4 Å². The van der Waals surface area contributed by atoms with Crippen molar-refractivity contribution in [1.29, 1.82) is 0 Å². The number of rotatable bonds is 3. The molecule has 1 heterocycles. The summed E-state index contributed by atoms with van der Waals surface area (Å²) in [5.41, 5.74) is 0. The highest BCUT2D eigenvalue weighted by atomic mass is 16.4. The molecule has 1 fully saturated rings. The summed E-state index contributed by atoms with van der Waals surface area (Å²) >= 11 is 0. The van der Waals surface area contributed by atoms with Crippen LogP contribution in [0.1, 0.15) is 13.8 Å². The van der Waals surface area contributed by atoms with E-state index in [1.54, 1.807) is 13.8 Å². The Morgan fingerprint density at radius 1 is 1.33 bits per heavy atom. The smallest absolute Gasteiger partial charge is 0.318 e. The lowest BCUT2D eigenvalue weighted by atomic mass is 9.99. The molecule has 3 atom stereocenters. The fourth-order valence-electron chi connectivity index (χ4n) is 2.01. The molecule has 1 aliphatic rings. The van der Waals surface area contributed by atoms with Gasteiger partial charge in [0.15, 0.2) is 0 Å². The predicted octanol–water partition coefficient (Wildman–Crippen LogP) is -0.517. The summed E-state index contributed by atoms with van der Waals surface area (Å²) in [6, 6.07) is -1.04. The zero-order valence-electron chi connectivity index (χ0n) is 10.8. The topological polar surface area (TPSA) is 98.7 Å². The van der Waals surface area contributed by atoms with Crippen LogP contribution >= 0.6 is 0 Å². The summed E-state index contributed by atoms with van der Waals surface area (Å²) in [5, 5.41) is 13.9. The van der Waals surface area contributed by atoms with Gasteiger partial charge in [0.05, 0.1) is 5.92 Å². The molecule has 3 N–H and O–H groups in total. The maximum atomic E-state index is 11.8. The summed E-state index contributed by atoms with van der Waals surface area (Å²) in [4.78, 5) is 35.5. The highest BCUT2D eigenvalue weighted by Gasteiger charge is 2.37. The highest BCUT2D eigenvalue weighted by molar-refractivity contribution is 5.86. The molecular formula is C11H19N3O4. The molecule has 102 valence electrons. The molecule has 3 amide bonds. The first-order chi connectivity index (χ1) is 8.36. The van der Waals surface area contributed by atoms with E-state index >= 15 is 0 Å². The second kappa shape index (κ2) is 5.70. The van der Waals surface area contributed by atoms with E-state index in [1.807, 2.05) is 0 Å². The van der Waals surface area contributed by atoms with E-state index in [0.29, 0.717) is 6.54 Å².